The third-order valence-electron chi connectivity index (χ3n) is 3.90. The lowest BCUT2D eigenvalue weighted by Gasteiger charge is -2.33. The number of hydrogen-bond donors (Lipinski definition) is 0. The molecule has 1 aliphatic heterocycles. The highest BCUT2D eigenvalue weighted by Gasteiger charge is 2.42. The molecule has 0 bridgehead atoms. The molecule has 3 rings (SSSR count). The van der Waals surface area contributed by atoms with E-state index in [4.69, 9.17) is 0 Å². The molecule has 0 radical (unpaired) electrons. The number of tetrazole rings is 1. The van der Waals surface area contributed by atoms with Gasteiger partial charge in [0.1, 0.15) is 6.33 Å². The zero-order valence-electron chi connectivity index (χ0n) is 12.1. The van der Waals surface area contributed by atoms with Gasteiger partial charge >= 0.3 is 6.18 Å². The zero-order chi connectivity index (χ0) is 16.4. The van der Waals surface area contributed by atoms with Crippen molar-refractivity contribution in [3.63, 3.8) is 0 Å². The molecule has 0 spiro atoms. The number of piperidine rings is 1. The molecule has 0 unspecified atom stereocenters. The summed E-state index contributed by atoms with van der Waals surface area (Å²) in [5.74, 6) is -1.83. The van der Waals surface area contributed by atoms with Gasteiger partial charge in [0, 0.05) is 18.7 Å². The summed E-state index contributed by atoms with van der Waals surface area (Å²) in [6.45, 7) is 0.0667. The number of rotatable bonds is 2. The van der Waals surface area contributed by atoms with Crippen LogP contribution in [-0.4, -0.2) is 50.3 Å². The normalized spacial score (nSPS) is 18.9. The van der Waals surface area contributed by atoms with Crippen molar-refractivity contribution >= 4 is 5.91 Å². The van der Waals surface area contributed by atoms with Crippen LogP contribution >= 0.6 is 0 Å². The quantitative estimate of drug-likeness (QED) is 0.848. The first kappa shape index (κ1) is 15.4. The molecule has 122 valence electrons. The maximum Gasteiger partial charge on any atom is 0.393 e. The van der Waals surface area contributed by atoms with Crippen LogP contribution < -0.4 is 0 Å². The summed E-state index contributed by atoms with van der Waals surface area (Å²) in [6.07, 6.45) is -2.41. The number of carbonyl (C=O) groups excluding carboxylic acids is 1. The largest absolute Gasteiger partial charge is 0.393 e. The second kappa shape index (κ2) is 5.98. The third kappa shape index (κ3) is 3.33. The van der Waals surface area contributed by atoms with Crippen molar-refractivity contribution in [2.24, 2.45) is 5.92 Å². The van der Waals surface area contributed by atoms with Gasteiger partial charge in [-0.05, 0) is 47.5 Å². The van der Waals surface area contributed by atoms with Crippen molar-refractivity contribution in [3.05, 3.63) is 36.2 Å². The number of amides is 1. The van der Waals surface area contributed by atoms with Gasteiger partial charge in [0.15, 0.2) is 0 Å². The second-order valence-corrected chi connectivity index (χ2v) is 5.43. The lowest BCUT2D eigenvalue weighted by molar-refractivity contribution is -0.184. The van der Waals surface area contributed by atoms with E-state index in [-0.39, 0.29) is 18.9 Å². The predicted octanol–water partition coefficient (Wildman–Crippen LogP) is 2.08. The van der Waals surface area contributed by atoms with Gasteiger partial charge in [-0.15, -0.1) is 5.10 Å². The maximum atomic E-state index is 12.8. The number of carbonyl (C=O) groups is 1. The number of likely N-dealkylation sites (tertiary alicyclic amines) is 1. The fourth-order valence-electron chi connectivity index (χ4n) is 2.65. The van der Waals surface area contributed by atoms with Gasteiger partial charge in [0.25, 0.3) is 5.91 Å². The Hall–Kier alpha value is -2.45. The smallest absolute Gasteiger partial charge is 0.338 e. The Morgan fingerprint density at radius 3 is 2.57 bits per heavy atom. The lowest BCUT2D eigenvalue weighted by Crippen LogP contribution is -2.44. The van der Waals surface area contributed by atoms with Gasteiger partial charge in [-0.3, -0.25) is 4.79 Å². The molecule has 1 aromatic heterocycles. The molecule has 9 heteroatoms. The first-order chi connectivity index (χ1) is 10.9. The maximum absolute atomic E-state index is 12.8. The number of halogens is 3. The van der Waals surface area contributed by atoms with Crippen molar-refractivity contribution in [3.8, 4) is 5.69 Å². The second-order valence-electron chi connectivity index (χ2n) is 5.43. The summed E-state index contributed by atoms with van der Waals surface area (Å²) in [5, 5.41) is 10.7. The van der Waals surface area contributed by atoms with Crippen LogP contribution in [0.25, 0.3) is 5.69 Å². The standard InChI is InChI=1S/C14H14F3N5O/c15-14(16,17)11-2-1-7-21(8-11)13(23)10-3-5-12(6-4-10)22-9-18-19-20-22/h3-6,9,11H,1-2,7-8H2/t11-/m0/s1. The number of hydrogen-bond acceptors (Lipinski definition) is 4. The molecule has 0 N–H and O–H groups in total. The molecular formula is C14H14F3N5O. The van der Waals surface area contributed by atoms with E-state index in [0.717, 1.165) is 0 Å². The Balaban J connectivity index is 1.72. The first-order valence-electron chi connectivity index (χ1n) is 7.14. The van der Waals surface area contributed by atoms with Crippen molar-refractivity contribution < 1.29 is 18.0 Å². The summed E-state index contributed by atoms with van der Waals surface area (Å²) in [7, 11) is 0. The van der Waals surface area contributed by atoms with E-state index < -0.39 is 12.1 Å². The summed E-state index contributed by atoms with van der Waals surface area (Å²) in [4.78, 5) is 13.7. The van der Waals surface area contributed by atoms with Gasteiger partial charge in [-0.1, -0.05) is 0 Å². The highest BCUT2D eigenvalue weighted by molar-refractivity contribution is 5.94. The van der Waals surface area contributed by atoms with Crippen LogP contribution in [0.3, 0.4) is 0 Å². The van der Waals surface area contributed by atoms with Gasteiger partial charge in [-0.25, -0.2) is 4.68 Å². The summed E-state index contributed by atoms with van der Waals surface area (Å²) >= 11 is 0. The minimum absolute atomic E-state index is 0.0749. The Bertz CT molecular complexity index is 669. The molecule has 1 aromatic carbocycles. The molecule has 23 heavy (non-hydrogen) atoms. The molecule has 0 aliphatic carbocycles. The van der Waals surface area contributed by atoms with Crippen LogP contribution in [-0.2, 0) is 0 Å². The van der Waals surface area contributed by atoms with Crippen LogP contribution in [0, 0.1) is 5.92 Å². The van der Waals surface area contributed by atoms with Crippen molar-refractivity contribution in [1.82, 2.24) is 25.1 Å². The molecular weight excluding hydrogens is 311 g/mol. The molecule has 6 nitrogen and oxygen atoms in total. The summed E-state index contributed by atoms with van der Waals surface area (Å²) in [6, 6.07) is 6.43. The average Bonchev–Trinajstić information content (AvgIpc) is 3.08. The third-order valence-corrected chi connectivity index (χ3v) is 3.90. The fourth-order valence-corrected chi connectivity index (χ4v) is 2.65. The molecule has 1 fully saturated rings. The van der Waals surface area contributed by atoms with Crippen molar-refractivity contribution in [2.75, 3.05) is 13.1 Å². The van der Waals surface area contributed by atoms with Gasteiger partial charge in [0.05, 0.1) is 11.6 Å². The van der Waals surface area contributed by atoms with Crippen LogP contribution in [0.5, 0.6) is 0 Å². The number of nitrogens with zero attached hydrogens (tertiary/aromatic N) is 5. The van der Waals surface area contributed by atoms with E-state index in [1.165, 1.54) is 15.9 Å². The first-order valence-corrected chi connectivity index (χ1v) is 7.14. The van der Waals surface area contributed by atoms with E-state index in [9.17, 15) is 18.0 Å². The van der Waals surface area contributed by atoms with E-state index in [1.807, 2.05) is 0 Å². The van der Waals surface area contributed by atoms with Gasteiger partial charge < -0.3 is 4.90 Å². The molecule has 1 atom stereocenters. The van der Waals surface area contributed by atoms with Crippen LogP contribution in [0.15, 0.2) is 30.6 Å². The molecule has 1 aliphatic rings. The summed E-state index contributed by atoms with van der Waals surface area (Å²) in [5.41, 5.74) is 1.02. The fraction of sp³-hybridized carbons (Fsp3) is 0.429. The molecule has 2 aromatic rings. The predicted molar refractivity (Wildman–Crippen MR) is 73.8 cm³/mol. The molecule has 1 saturated heterocycles. The highest BCUT2D eigenvalue weighted by atomic mass is 19.4. The minimum Gasteiger partial charge on any atom is -0.338 e. The number of aromatic nitrogens is 4. The lowest BCUT2D eigenvalue weighted by atomic mass is 9.97. The van der Waals surface area contributed by atoms with Crippen LogP contribution in [0.4, 0.5) is 13.2 Å². The molecule has 2 heterocycles. The monoisotopic (exact) mass is 325 g/mol. The van der Waals surface area contributed by atoms with E-state index in [1.54, 1.807) is 24.3 Å². The van der Waals surface area contributed by atoms with Crippen LogP contribution in [0.2, 0.25) is 0 Å². The summed E-state index contributed by atoms with van der Waals surface area (Å²) < 4.78 is 39.9. The Morgan fingerprint density at radius 2 is 1.96 bits per heavy atom. The Labute approximate surface area is 129 Å². The average molecular weight is 325 g/mol. The number of benzene rings is 1. The minimum atomic E-state index is -4.26. The molecule has 1 amide bonds. The number of alkyl halides is 3. The van der Waals surface area contributed by atoms with E-state index in [2.05, 4.69) is 15.5 Å². The topological polar surface area (TPSA) is 63.9 Å². The van der Waals surface area contributed by atoms with Crippen molar-refractivity contribution in [1.29, 1.82) is 0 Å². The Kier molecular flexibility index (Phi) is 4.01. The van der Waals surface area contributed by atoms with E-state index in [0.29, 0.717) is 24.2 Å². The zero-order valence-corrected chi connectivity index (χ0v) is 12.1. The Morgan fingerprint density at radius 1 is 1.22 bits per heavy atom. The van der Waals surface area contributed by atoms with Crippen molar-refractivity contribution in [2.45, 2.75) is 19.0 Å². The van der Waals surface area contributed by atoms with Crippen LogP contribution in [0.1, 0.15) is 23.2 Å². The van der Waals surface area contributed by atoms with Gasteiger partial charge in [-0.2, -0.15) is 13.2 Å². The molecule has 0 saturated carbocycles. The van der Waals surface area contributed by atoms with Gasteiger partial charge in [0.2, 0.25) is 0 Å². The highest BCUT2D eigenvalue weighted by Crippen LogP contribution is 2.33. The SMILES string of the molecule is O=C(c1ccc(-n2cnnn2)cc1)N1CCC[C@H](C(F)(F)F)C1. The van der Waals surface area contributed by atoms with E-state index >= 15 is 0 Å².